The van der Waals surface area contributed by atoms with Crippen molar-refractivity contribution in [2.75, 3.05) is 5.73 Å². The van der Waals surface area contributed by atoms with Crippen LogP contribution in [0.2, 0.25) is 0 Å². The van der Waals surface area contributed by atoms with Crippen molar-refractivity contribution >= 4 is 5.82 Å². The van der Waals surface area contributed by atoms with Crippen LogP contribution in [0.5, 0.6) is 0 Å². The lowest BCUT2D eigenvalue weighted by atomic mass is 10.0. The number of nitrogens with two attached hydrogens (primary N) is 1. The highest BCUT2D eigenvalue weighted by molar-refractivity contribution is 5.36. The summed E-state index contributed by atoms with van der Waals surface area (Å²) in [6.45, 7) is 3.92. The SMILES string of the molecule is CCC1CCC(c2nc(N)c(C)c(=O)[nH]2)C1. The summed E-state index contributed by atoms with van der Waals surface area (Å²) >= 11 is 0. The quantitative estimate of drug-likeness (QED) is 0.801. The molecule has 4 heteroatoms. The van der Waals surface area contributed by atoms with E-state index in [0.717, 1.165) is 24.6 Å². The molecule has 3 N–H and O–H groups in total. The fourth-order valence-corrected chi connectivity index (χ4v) is 2.46. The summed E-state index contributed by atoms with van der Waals surface area (Å²) in [5, 5.41) is 0. The molecule has 4 nitrogen and oxygen atoms in total. The first kappa shape index (κ1) is 11.2. The van der Waals surface area contributed by atoms with Crippen LogP contribution in [0.25, 0.3) is 0 Å². The van der Waals surface area contributed by atoms with E-state index in [0.29, 0.717) is 17.3 Å². The Morgan fingerprint density at radius 3 is 2.81 bits per heavy atom. The standard InChI is InChI=1S/C12H19N3O/c1-3-8-4-5-9(6-8)11-14-10(13)7(2)12(16)15-11/h8-9H,3-6H2,1-2H3,(H3,13,14,15,16). The van der Waals surface area contributed by atoms with Gasteiger partial charge in [-0.2, -0.15) is 0 Å². The summed E-state index contributed by atoms with van der Waals surface area (Å²) in [4.78, 5) is 18.8. The summed E-state index contributed by atoms with van der Waals surface area (Å²) in [6, 6.07) is 0. The summed E-state index contributed by atoms with van der Waals surface area (Å²) < 4.78 is 0. The van der Waals surface area contributed by atoms with Gasteiger partial charge in [-0.25, -0.2) is 4.98 Å². The van der Waals surface area contributed by atoms with E-state index in [-0.39, 0.29) is 5.56 Å². The van der Waals surface area contributed by atoms with Gasteiger partial charge in [0.15, 0.2) is 0 Å². The maximum Gasteiger partial charge on any atom is 0.255 e. The molecule has 0 bridgehead atoms. The molecule has 0 radical (unpaired) electrons. The van der Waals surface area contributed by atoms with Gasteiger partial charge in [0.25, 0.3) is 5.56 Å². The smallest absolute Gasteiger partial charge is 0.255 e. The van der Waals surface area contributed by atoms with Crippen LogP contribution in [-0.4, -0.2) is 9.97 Å². The largest absolute Gasteiger partial charge is 0.383 e. The van der Waals surface area contributed by atoms with Gasteiger partial charge in [0, 0.05) is 5.92 Å². The van der Waals surface area contributed by atoms with Crippen LogP contribution in [0.3, 0.4) is 0 Å². The monoisotopic (exact) mass is 221 g/mol. The molecule has 0 aliphatic heterocycles. The summed E-state index contributed by atoms with van der Waals surface area (Å²) in [7, 11) is 0. The van der Waals surface area contributed by atoms with Gasteiger partial charge in [-0.1, -0.05) is 13.3 Å². The third kappa shape index (κ3) is 1.96. The molecule has 1 fully saturated rings. The predicted molar refractivity (Wildman–Crippen MR) is 64.4 cm³/mol. The van der Waals surface area contributed by atoms with Gasteiger partial charge in [-0.05, 0) is 32.1 Å². The van der Waals surface area contributed by atoms with E-state index < -0.39 is 0 Å². The molecule has 1 saturated carbocycles. The topological polar surface area (TPSA) is 71.8 Å². The zero-order valence-electron chi connectivity index (χ0n) is 9.92. The van der Waals surface area contributed by atoms with E-state index >= 15 is 0 Å². The highest BCUT2D eigenvalue weighted by Crippen LogP contribution is 2.38. The maximum absolute atomic E-state index is 11.6. The Hall–Kier alpha value is -1.32. The minimum Gasteiger partial charge on any atom is -0.383 e. The van der Waals surface area contributed by atoms with E-state index in [1.807, 2.05) is 0 Å². The average molecular weight is 221 g/mol. The fourth-order valence-electron chi connectivity index (χ4n) is 2.46. The van der Waals surface area contributed by atoms with Crippen molar-refractivity contribution in [2.45, 2.75) is 45.4 Å². The lowest BCUT2D eigenvalue weighted by Gasteiger charge is -2.10. The first-order valence-electron chi connectivity index (χ1n) is 5.98. The van der Waals surface area contributed by atoms with Crippen LogP contribution in [0.1, 0.15) is 49.9 Å². The second kappa shape index (κ2) is 4.28. The fraction of sp³-hybridized carbons (Fsp3) is 0.667. The molecule has 0 aromatic carbocycles. The highest BCUT2D eigenvalue weighted by Gasteiger charge is 2.26. The van der Waals surface area contributed by atoms with Crippen LogP contribution in [0, 0.1) is 12.8 Å². The Labute approximate surface area is 95.3 Å². The van der Waals surface area contributed by atoms with Crippen molar-refractivity contribution in [1.82, 2.24) is 9.97 Å². The summed E-state index contributed by atoms with van der Waals surface area (Å²) in [6.07, 6.45) is 4.69. The van der Waals surface area contributed by atoms with Crippen LogP contribution in [0.15, 0.2) is 4.79 Å². The number of nitrogen functional groups attached to an aromatic ring is 1. The number of H-pyrrole nitrogens is 1. The lowest BCUT2D eigenvalue weighted by Crippen LogP contribution is -2.18. The number of hydrogen-bond acceptors (Lipinski definition) is 3. The lowest BCUT2D eigenvalue weighted by molar-refractivity contribution is 0.516. The number of nitrogens with one attached hydrogen (secondary N) is 1. The molecule has 2 atom stereocenters. The third-order valence-electron chi connectivity index (χ3n) is 3.71. The normalized spacial score (nSPS) is 24.9. The van der Waals surface area contributed by atoms with Crippen molar-refractivity contribution < 1.29 is 0 Å². The first-order chi connectivity index (χ1) is 7.61. The molecular formula is C12H19N3O. The molecule has 16 heavy (non-hydrogen) atoms. The molecule has 0 spiro atoms. The van der Waals surface area contributed by atoms with Crippen molar-refractivity contribution in [3.8, 4) is 0 Å². The molecule has 1 aromatic heterocycles. The summed E-state index contributed by atoms with van der Waals surface area (Å²) in [5.74, 6) is 2.32. The molecule has 0 amide bonds. The van der Waals surface area contributed by atoms with Crippen LogP contribution >= 0.6 is 0 Å². The second-order valence-electron chi connectivity index (χ2n) is 4.75. The molecule has 2 rings (SSSR count). The Balaban J connectivity index is 2.26. The van der Waals surface area contributed by atoms with Crippen LogP contribution in [0.4, 0.5) is 5.82 Å². The van der Waals surface area contributed by atoms with Gasteiger partial charge in [0.1, 0.15) is 11.6 Å². The van der Waals surface area contributed by atoms with E-state index in [4.69, 9.17) is 5.73 Å². The van der Waals surface area contributed by atoms with Gasteiger partial charge in [-0.3, -0.25) is 4.79 Å². The zero-order chi connectivity index (χ0) is 11.7. The Kier molecular flexibility index (Phi) is 2.99. The van der Waals surface area contributed by atoms with Crippen molar-refractivity contribution in [1.29, 1.82) is 0 Å². The van der Waals surface area contributed by atoms with E-state index in [2.05, 4.69) is 16.9 Å². The number of nitrogens with zero attached hydrogens (tertiary/aromatic N) is 1. The second-order valence-corrected chi connectivity index (χ2v) is 4.75. The molecule has 88 valence electrons. The van der Waals surface area contributed by atoms with Gasteiger partial charge >= 0.3 is 0 Å². The molecule has 2 unspecified atom stereocenters. The molecule has 1 aromatic rings. The third-order valence-corrected chi connectivity index (χ3v) is 3.71. The number of anilines is 1. The molecule has 1 aliphatic rings. The van der Waals surface area contributed by atoms with E-state index in [1.165, 1.54) is 12.8 Å². The van der Waals surface area contributed by atoms with Gasteiger partial charge in [0.2, 0.25) is 0 Å². The van der Waals surface area contributed by atoms with Gasteiger partial charge in [-0.15, -0.1) is 0 Å². The van der Waals surface area contributed by atoms with Crippen LogP contribution < -0.4 is 11.3 Å². The molecular weight excluding hydrogens is 202 g/mol. The zero-order valence-corrected chi connectivity index (χ0v) is 9.92. The molecule has 0 saturated heterocycles. The highest BCUT2D eigenvalue weighted by atomic mass is 16.1. The Morgan fingerprint density at radius 2 is 2.25 bits per heavy atom. The number of aromatic nitrogens is 2. The molecule has 1 heterocycles. The van der Waals surface area contributed by atoms with Gasteiger partial charge in [0.05, 0.1) is 5.56 Å². The average Bonchev–Trinajstić information content (AvgIpc) is 2.73. The predicted octanol–water partition coefficient (Wildman–Crippen LogP) is 1.95. The van der Waals surface area contributed by atoms with E-state index in [9.17, 15) is 4.79 Å². The van der Waals surface area contributed by atoms with Crippen molar-refractivity contribution in [3.63, 3.8) is 0 Å². The Bertz CT molecular complexity index is 438. The van der Waals surface area contributed by atoms with Gasteiger partial charge < -0.3 is 10.7 Å². The van der Waals surface area contributed by atoms with Crippen molar-refractivity contribution in [2.24, 2.45) is 5.92 Å². The number of aromatic amines is 1. The summed E-state index contributed by atoms with van der Waals surface area (Å²) in [5.41, 5.74) is 6.15. The minimum atomic E-state index is -0.0950. The maximum atomic E-state index is 11.6. The molecule has 1 aliphatic carbocycles. The number of hydrogen-bond donors (Lipinski definition) is 2. The van der Waals surface area contributed by atoms with Crippen molar-refractivity contribution in [3.05, 3.63) is 21.7 Å². The van der Waals surface area contributed by atoms with Crippen LogP contribution in [-0.2, 0) is 0 Å². The Morgan fingerprint density at radius 1 is 1.50 bits per heavy atom. The van der Waals surface area contributed by atoms with E-state index in [1.54, 1.807) is 6.92 Å². The first-order valence-corrected chi connectivity index (χ1v) is 5.98. The number of rotatable bonds is 2. The minimum absolute atomic E-state index is 0.0950.